The third-order valence-corrected chi connectivity index (χ3v) is 5.39. The summed E-state index contributed by atoms with van der Waals surface area (Å²) in [5, 5.41) is 15.2. The molecular weight excluding hydrogens is 335 g/mol. The fourth-order valence-electron chi connectivity index (χ4n) is 4.05. The number of carbonyl (C=O) groups is 1. The number of nitrogens with zero attached hydrogens (tertiary/aromatic N) is 5. The van der Waals surface area contributed by atoms with Gasteiger partial charge < -0.3 is 10.2 Å². The molecule has 0 saturated carbocycles. The van der Waals surface area contributed by atoms with Crippen LogP contribution in [0.2, 0.25) is 0 Å². The van der Waals surface area contributed by atoms with E-state index in [2.05, 4.69) is 20.8 Å². The summed E-state index contributed by atoms with van der Waals surface area (Å²) in [5.41, 5.74) is 0.757. The molecule has 1 amide bonds. The summed E-state index contributed by atoms with van der Waals surface area (Å²) in [7, 11) is 0. The molecule has 3 atom stereocenters. The Balaban J connectivity index is 1.59. The fourth-order valence-corrected chi connectivity index (χ4v) is 4.05. The van der Waals surface area contributed by atoms with Crippen LogP contribution >= 0.6 is 0 Å². The lowest BCUT2D eigenvalue weighted by Gasteiger charge is -2.28. The Morgan fingerprint density at radius 2 is 2.19 bits per heavy atom. The minimum Gasteiger partial charge on any atom is -0.339 e. The molecule has 3 unspecified atom stereocenters. The average molecular weight is 358 g/mol. The maximum Gasteiger partial charge on any atom is 0.247 e. The number of halogens is 1. The summed E-state index contributed by atoms with van der Waals surface area (Å²) in [6.07, 6.45) is 3.61. The van der Waals surface area contributed by atoms with Crippen molar-refractivity contribution in [3.63, 3.8) is 0 Å². The third-order valence-electron chi connectivity index (χ3n) is 5.39. The van der Waals surface area contributed by atoms with E-state index in [1.807, 2.05) is 11.0 Å². The molecule has 0 aliphatic carbocycles. The molecule has 2 fully saturated rings. The predicted molar refractivity (Wildman–Crippen MR) is 92.8 cm³/mol. The summed E-state index contributed by atoms with van der Waals surface area (Å²) >= 11 is 0. The van der Waals surface area contributed by atoms with Gasteiger partial charge in [-0.25, -0.2) is 9.07 Å². The fraction of sp³-hybridized carbons (Fsp3) is 0.556. The van der Waals surface area contributed by atoms with Crippen molar-refractivity contribution in [1.82, 2.24) is 30.4 Å². The maximum atomic E-state index is 13.6. The van der Waals surface area contributed by atoms with Crippen LogP contribution in [0.5, 0.6) is 0 Å². The molecule has 7 nitrogen and oxygen atoms in total. The zero-order valence-corrected chi connectivity index (χ0v) is 14.8. The molecule has 1 aromatic carbocycles. The second kappa shape index (κ2) is 7.11. The van der Waals surface area contributed by atoms with E-state index >= 15 is 0 Å². The number of amides is 1. The van der Waals surface area contributed by atoms with E-state index in [0.717, 1.165) is 24.9 Å². The SMILES string of the molecule is Cc1nnnn1C(Cc1cccc(F)c1)C(=O)N1CCC2CCC(C1)N2. The van der Waals surface area contributed by atoms with Gasteiger partial charge in [-0.15, -0.1) is 5.10 Å². The van der Waals surface area contributed by atoms with Gasteiger partial charge in [0.05, 0.1) is 0 Å². The van der Waals surface area contributed by atoms with E-state index in [9.17, 15) is 9.18 Å². The van der Waals surface area contributed by atoms with E-state index in [4.69, 9.17) is 0 Å². The van der Waals surface area contributed by atoms with Gasteiger partial charge in [-0.05, 0) is 54.3 Å². The normalized spacial score (nSPS) is 23.7. The molecule has 2 aliphatic rings. The minimum atomic E-state index is -0.566. The monoisotopic (exact) mass is 358 g/mol. The topological polar surface area (TPSA) is 75.9 Å². The summed E-state index contributed by atoms with van der Waals surface area (Å²) in [6, 6.07) is 6.66. The van der Waals surface area contributed by atoms with E-state index in [0.29, 0.717) is 30.9 Å². The second-order valence-electron chi connectivity index (χ2n) is 7.23. The Morgan fingerprint density at radius 3 is 2.96 bits per heavy atom. The van der Waals surface area contributed by atoms with E-state index < -0.39 is 6.04 Å². The first kappa shape index (κ1) is 17.1. The third kappa shape index (κ3) is 3.46. The van der Waals surface area contributed by atoms with Crippen LogP contribution in [0.4, 0.5) is 4.39 Å². The van der Waals surface area contributed by atoms with Crippen LogP contribution < -0.4 is 5.32 Å². The molecule has 138 valence electrons. The number of likely N-dealkylation sites (tertiary alicyclic amines) is 1. The Kier molecular flexibility index (Phi) is 4.67. The van der Waals surface area contributed by atoms with Gasteiger partial charge in [0.1, 0.15) is 17.7 Å². The number of nitrogens with one attached hydrogen (secondary N) is 1. The molecule has 2 aromatic rings. The lowest BCUT2D eigenvalue weighted by molar-refractivity contribution is -0.135. The van der Waals surface area contributed by atoms with Gasteiger partial charge in [0.2, 0.25) is 5.91 Å². The number of benzene rings is 1. The number of hydrogen-bond donors (Lipinski definition) is 1. The number of tetrazole rings is 1. The second-order valence-corrected chi connectivity index (χ2v) is 7.23. The van der Waals surface area contributed by atoms with Crippen LogP contribution in [0, 0.1) is 12.7 Å². The van der Waals surface area contributed by atoms with Crippen LogP contribution in [0.15, 0.2) is 24.3 Å². The van der Waals surface area contributed by atoms with Crippen molar-refractivity contribution in [1.29, 1.82) is 0 Å². The number of rotatable bonds is 4. The summed E-state index contributed by atoms with van der Waals surface area (Å²) in [6.45, 7) is 3.21. The number of fused-ring (bicyclic) bond motifs is 2. The predicted octanol–water partition coefficient (Wildman–Crippen LogP) is 1.26. The first-order valence-electron chi connectivity index (χ1n) is 9.14. The van der Waals surface area contributed by atoms with E-state index in [1.54, 1.807) is 17.7 Å². The Bertz CT molecular complexity index is 793. The molecule has 0 spiro atoms. The molecule has 2 aliphatic heterocycles. The van der Waals surface area contributed by atoms with Crippen LogP contribution in [-0.4, -0.2) is 56.2 Å². The molecule has 1 N–H and O–H groups in total. The van der Waals surface area contributed by atoms with Crippen molar-refractivity contribution in [2.45, 2.75) is 50.7 Å². The maximum absolute atomic E-state index is 13.6. The molecule has 0 radical (unpaired) electrons. The van der Waals surface area contributed by atoms with Crippen molar-refractivity contribution < 1.29 is 9.18 Å². The first-order valence-corrected chi connectivity index (χ1v) is 9.14. The quantitative estimate of drug-likeness (QED) is 0.890. The minimum absolute atomic E-state index is 0.000916. The highest BCUT2D eigenvalue weighted by Crippen LogP contribution is 2.24. The number of hydrogen-bond acceptors (Lipinski definition) is 5. The number of carbonyl (C=O) groups excluding carboxylic acids is 1. The van der Waals surface area contributed by atoms with Crippen LogP contribution in [0.25, 0.3) is 0 Å². The molecule has 3 heterocycles. The van der Waals surface area contributed by atoms with Crippen molar-refractivity contribution in [2.75, 3.05) is 13.1 Å². The summed E-state index contributed by atoms with van der Waals surface area (Å²) in [4.78, 5) is 15.3. The zero-order valence-electron chi connectivity index (χ0n) is 14.8. The zero-order chi connectivity index (χ0) is 18.1. The smallest absolute Gasteiger partial charge is 0.247 e. The van der Waals surface area contributed by atoms with Gasteiger partial charge in [-0.3, -0.25) is 4.79 Å². The standard InChI is InChI=1S/C18H23FN6O/c1-12-21-22-23-25(12)17(10-13-3-2-4-14(19)9-13)18(26)24-8-7-15-5-6-16(11-24)20-15/h2-4,9,15-17,20H,5-8,10-11H2,1H3. The molecule has 26 heavy (non-hydrogen) atoms. The van der Waals surface area contributed by atoms with Crippen molar-refractivity contribution in [2.24, 2.45) is 0 Å². The first-order chi connectivity index (χ1) is 12.6. The summed E-state index contributed by atoms with van der Waals surface area (Å²) < 4.78 is 15.2. The molecule has 2 saturated heterocycles. The van der Waals surface area contributed by atoms with Crippen molar-refractivity contribution in [3.05, 3.63) is 41.5 Å². The van der Waals surface area contributed by atoms with Crippen LogP contribution in [-0.2, 0) is 11.2 Å². The molecule has 2 bridgehead atoms. The number of aromatic nitrogens is 4. The lowest BCUT2D eigenvalue weighted by Crippen LogP contribution is -2.43. The highest BCUT2D eigenvalue weighted by atomic mass is 19.1. The molecule has 4 rings (SSSR count). The Hall–Kier alpha value is -2.35. The van der Waals surface area contributed by atoms with E-state index in [-0.39, 0.29) is 11.7 Å². The Morgan fingerprint density at radius 1 is 1.35 bits per heavy atom. The number of aryl methyl sites for hydroxylation is 1. The van der Waals surface area contributed by atoms with Gasteiger partial charge in [0, 0.05) is 31.6 Å². The van der Waals surface area contributed by atoms with Crippen LogP contribution in [0.1, 0.15) is 36.7 Å². The van der Waals surface area contributed by atoms with Gasteiger partial charge in [-0.1, -0.05) is 12.1 Å². The largest absolute Gasteiger partial charge is 0.339 e. The molecule has 1 aromatic heterocycles. The van der Waals surface area contributed by atoms with Gasteiger partial charge >= 0.3 is 0 Å². The Labute approximate surface area is 151 Å². The highest BCUT2D eigenvalue weighted by Gasteiger charge is 2.35. The van der Waals surface area contributed by atoms with Crippen LogP contribution in [0.3, 0.4) is 0 Å². The van der Waals surface area contributed by atoms with Gasteiger partial charge in [-0.2, -0.15) is 0 Å². The summed E-state index contributed by atoms with van der Waals surface area (Å²) in [5.74, 6) is 0.270. The van der Waals surface area contributed by atoms with E-state index in [1.165, 1.54) is 18.6 Å². The average Bonchev–Trinajstić information content (AvgIpc) is 3.17. The van der Waals surface area contributed by atoms with Crippen molar-refractivity contribution >= 4 is 5.91 Å². The van der Waals surface area contributed by atoms with Crippen molar-refractivity contribution in [3.8, 4) is 0 Å². The highest BCUT2D eigenvalue weighted by molar-refractivity contribution is 5.81. The van der Waals surface area contributed by atoms with Gasteiger partial charge in [0.15, 0.2) is 0 Å². The lowest BCUT2D eigenvalue weighted by atomic mass is 10.0. The molecular formula is C18H23FN6O. The van der Waals surface area contributed by atoms with Gasteiger partial charge in [0.25, 0.3) is 0 Å². The molecule has 8 heteroatoms.